The molecule has 1 aliphatic heterocycles. The number of aromatic nitrogens is 4. The van der Waals surface area contributed by atoms with Crippen LogP contribution in [0.2, 0.25) is 0 Å². The molecule has 2 aromatic heterocycles. The van der Waals surface area contributed by atoms with Crippen molar-refractivity contribution in [2.45, 2.75) is 6.54 Å². The number of benzene rings is 2. The molecule has 0 aliphatic carbocycles. The Hall–Kier alpha value is -4.21. The van der Waals surface area contributed by atoms with Crippen LogP contribution in [0.15, 0.2) is 59.1 Å². The van der Waals surface area contributed by atoms with Gasteiger partial charge in [-0.25, -0.2) is 0 Å². The molecule has 0 N–H and O–H groups in total. The number of fused-ring (bicyclic) bond motifs is 1. The molecule has 0 atom stereocenters. The average molecular weight is 391 g/mol. The number of rotatable bonds is 5. The van der Waals surface area contributed by atoms with E-state index >= 15 is 0 Å². The smallest absolute Gasteiger partial charge is 0.390 e. The molecule has 2 aromatic carbocycles. The fourth-order valence-electron chi connectivity index (χ4n) is 3.02. The standard InChI is InChI=1S/C19H13N5O5/c25-24(26)17-9-14(23(21-17)10-12-4-2-1-3-5-12)19-20-18(22-29-19)13-6-7-15-16(8-13)28-11-27-15/h1-9H,10-11H2. The molecule has 0 radical (unpaired) electrons. The third-order valence-corrected chi connectivity index (χ3v) is 4.41. The van der Waals surface area contributed by atoms with Gasteiger partial charge in [0, 0.05) is 5.56 Å². The van der Waals surface area contributed by atoms with Crippen LogP contribution in [-0.2, 0) is 6.54 Å². The molecule has 0 bridgehead atoms. The van der Waals surface area contributed by atoms with E-state index in [0.717, 1.165) is 5.56 Å². The lowest BCUT2D eigenvalue weighted by Crippen LogP contribution is -2.04. The minimum Gasteiger partial charge on any atom is -0.454 e. The van der Waals surface area contributed by atoms with Crippen molar-refractivity contribution < 1.29 is 18.9 Å². The Kier molecular flexibility index (Phi) is 3.94. The zero-order valence-electron chi connectivity index (χ0n) is 14.9. The van der Waals surface area contributed by atoms with Crippen LogP contribution in [0.25, 0.3) is 23.0 Å². The van der Waals surface area contributed by atoms with Crippen molar-refractivity contribution in [2.75, 3.05) is 6.79 Å². The average Bonchev–Trinajstić information content (AvgIpc) is 3.47. The van der Waals surface area contributed by atoms with Crippen molar-refractivity contribution in [1.29, 1.82) is 0 Å². The first-order valence-electron chi connectivity index (χ1n) is 8.67. The third-order valence-electron chi connectivity index (χ3n) is 4.41. The highest BCUT2D eigenvalue weighted by Gasteiger charge is 2.24. The van der Waals surface area contributed by atoms with Gasteiger partial charge in [-0.15, -0.1) is 0 Å². The van der Waals surface area contributed by atoms with Crippen LogP contribution in [0, 0.1) is 10.1 Å². The molecule has 4 aromatic rings. The van der Waals surface area contributed by atoms with Gasteiger partial charge in [0.1, 0.15) is 0 Å². The van der Waals surface area contributed by atoms with Gasteiger partial charge in [0.2, 0.25) is 12.6 Å². The minimum atomic E-state index is -0.555. The number of nitro groups is 1. The summed E-state index contributed by atoms with van der Waals surface area (Å²) < 4.78 is 17.5. The summed E-state index contributed by atoms with van der Waals surface area (Å²) in [6.07, 6.45) is 0. The molecule has 0 spiro atoms. The van der Waals surface area contributed by atoms with Crippen LogP contribution in [0.5, 0.6) is 11.5 Å². The number of ether oxygens (including phenoxy) is 2. The van der Waals surface area contributed by atoms with Gasteiger partial charge in [-0.1, -0.05) is 35.5 Å². The van der Waals surface area contributed by atoms with E-state index in [4.69, 9.17) is 14.0 Å². The topological polar surface area (TPSA) is 118 Å². The molecule has 29 heavy (non-hydrogen) atoms. The van der Waals surface area contributed by atoms with Crippen molar-refractivity contribution >= 4 is 5.82 Å². The predicted molar refractivity (Wildman–Crippen MR) is 99.3 cm³/mol. The van der Waals surface area contributed by atoms with Crippen LogP contribution < -0.4 is 9.47 Å². The maximum Gasteiger partial charge on any atom is 0.390 e. The van der Waals surface area contributed by atoms with Gasteiger partial charge < -0.3 is 24.1 Å². The zero-order chi connectivity index (χ0) is 19.8. The maximum absolute atomic E-state index is 11.2. The molecule has 1 aliphatic rings. The zero-order valence-corrected chi connectivity index (χ0v) is 14.9. The Bertz CT molecular complexity index is 1200. The summed E-state index contributed by atoms with van der Waals surface area (Å²) in [7, 11) is 0. The first kappa shape index (κ1) is 16.9. The van der Waals surface area contributed by atoms with Crippen LogP contribution in [0.1, 0.15) is 5.56 Å². The van der Waals surface area contributed by atoms with Crippen molar-refractivity contribution in [3.63, 3.8) is 0 Å². The molecule has 0 unspecified atom stereocenters. The summed E-state index contributed by atoms with van der Waals surface area (Å²) in [5, 5.41) is 19.3. The molecule has 3 heterocycles. The monoisotopic (exact) mass is 391 g/mol. The van der Waals surface area contributed by atoms with Gasteiger partial charge >= 0.3 is 5.82 Å². The molecule has 0 saturated heterocycles. The Morgan fingerprint density at radius 1 is 1.07 bits per heavy atom. The summed E-state index contributed by atoms with van der Waals surface area (Å²) in [5.74, 6) is 1.41. The van der Waals surface area contributed by atoms with Gasteiger partial charge in [0.25, 0.3) is 5.89 Å². The molecule has 0 amide bonds. The van der Waals surface area contributed by atoms with E-state index in [-0.39, 0.29) is 18.5 Å². The Morgan fingerprint density at radius 3 is 2.72 bits per heavy atom. The molecule has 144 valence electrons. The molecule has 0 fully saturated rings. The maximum atomic E-state index is 11.2. The lowest BCUT2D eigenvalue weighted by molar-refractivity contribution is -0.389. The summed E-state index contributed by atoms with van der Waals surface area (Å²) in [6, 6.07) is 16.1. The predicted octanol–water partition coefficient (Wildman–Crippen LogP) is 3.29. The first-order chi connectivity index (χ1) is 14.2. The van der Waals surface area contributed by atoms with E-state index in [9.17, 15) is 10.1 Å². The Balaban J connectivity index is 1.51. The first-order valence-corrected chi connectivity index (χ1v) is 8.67. The molecule has 5 rings (SSSR count). The number of nitrogens with zero attached hydrogens (tertiary/aromatic N) is 5. The normalized spacial score (nSPS) is 12.3. The quantitative estimate of drug-likeness (QED) is 0.376. The van der Waals surface area contributed by atoms with Gasteiger partial charge in [0.05, 0.1) is 17.7 Å². The molecule has 10 heteroatoms. The van der Waals surface area contributed by atoms with Gasteiger partial charge in [0.15, 0.2) is 17.2 Å². The van der Waals surface area contributed by atoms with E-state index < -0.39 is 4.92 Å². The lowest BCUT2D eigenvalue weighted by atomic mass is 10.2. The van der Waals surface area contributed by atoms with E-state index in [1.165, 1.54) is 10.7 Å². The Labute approximate surface area is 163 Å². The summed E-state index contributed by atoms with van der Waals surface area (Å²) in [5.41, 5.74) is 1.97. The van der Waals surface area contributed by atoms with E-state index in [1.54, 1.807) is 18.2 Å². The summed E-state index contributed by atoms with van der Waals surface area (Å²) >= 11 is 0. The molecular formula is C19H13N5O5. The molecular weight excluding hydrogens is 378 g/mol. The summed E-state index contributed by atoms with van der Waals surface area (Å²) in [4.78, 5) is 15.1. The Morgan fingerprint density at radius 2 is 1.90 bits per heavy atom. The fraction of sp³-hybridized carbons (Fsp3) is 0.105. The van der Waals surface area contributed by atoms with Crippen LogP contribution in [0.3, 0.4) is 0 Å². The second-order valence-corrected chi connectivity index (χ2v) is 6.28. The summed E-state index contributed by atoms with van der Waals surface area (Å²) in [6.45, 7) is 0.490. The molecule has 0 saturated carbocycles. The minimum absolute atomic E-state index is 0.134. The molecule has 10 nitrogen and oxygen atoms in total. The lowest BCUT2D eigenvalue weighted by Gasteiger charge is -2.00. The van der Waals surface area contributed by atoms with Gasteiger partial charge in [-0.2, -0.15) is 9.67 Å². The van der Waals surface area contributed by atoms with Crippen molar-refractivity contribution in [1.82, 2.24) is 19.9 Å². The highest BCUT2D eigenvalue weighted by molar-refractivity contribution is 5.63. The highest BCUT2D eigenvalue weighted by atomic mass is 16.7. The fourth-order valence-corrected chi connectivity index (χ4v) is 3.02. The van der Waals surface area contributed by atoms with E-state index in [0.29, 0.717) is 35.1 Å². The van der Waals surface area contributed by atoms with Crippen LogP contribution in [0.4, 0.5) is 5.82 Å². The van der Waals surface area contributed by atoms with E-state index in [1.807, 2.05) is 30.3 Å². The third kappa shape index (κ3) is 3.16. The van der Waals surface area contributed by atoms with Crippen molar-refractivity contribution in [2.24, 2.45) is 0 Å². The largest absolute Gasteiger partial charge is 0.454 e. The van der Waals surface area contributed by atoms with E-state index in [2.05, 4.69) is 15.2 Å². The van der Waals surface area contributed by atoms with Crippen molar-refractivity contribution in [3.05, 3.63) is 70.3 Å². The van der Waals surface area contributed by atoms with Crippen molar-refractivity contribution in [3.8, 4) is 34.5 Å². The second kappa shape index (κ2) is 6.75. The van der Waals surface area contributed by atoms with Crippen LogP contribution >= 0.6 is 0 Å². The number of hydrogen-bond donors (Lipinski definition) is 0. The highest BCUT2D eigenvalue weighted by Crippen LogP contribution is 2.35. The van der Waals surface area contributed by atoms with Gasteiger partial charge in [-0.05, 0) is 28.7 Å². The van der Waals surface area contributed by atoms with Gasteiger partial charge in [-0.3, -0.25) is 0 Å². The second-order valence-electron chi connectivity index (χ2n) is 6.28. The SMILES string of the molecule is O=[N+]([O-])c1cc(-c2nc(-c3ccc4c(c3)OCO4)no2)n(Cc2ccccc2)n1. The number of hydrogen-bond acceptors (Lipinski definition) is 8. The van der Waals surface area contributed by atoms with Crippen LogP contribution in [-0.4, -0.2) is 31.6 Å².